The van der Waals surface area contributed by atoms with Gasteiger partial charge in [-0.2, -0.15) is 0 Å². The van der Waals surface area contributed by atoms with E-state index in [1.165, 1.54) is 5.56 Å². The summed E-state index contributed by atoms with van der Waals surface area (Å²) in [5.41, 5.74) is 5.40. The van der Waals surface area contributed by atoms with Crippen molar-refractivity contribution in [2.24, 2.45) is 5.92 Å². The first kappa shape index (κ1) is 30.9. The first-order chi connectivity index (χ1) is 21.4. The van der Waals surface area contributed by atoms with Crippen LogP contribution in [-0.2, 0) is 55.0 Å². The summed E-state index contributed by atoms with van der Waals surface area (Å²) in [4.78, 5) is 0.855. The first-order valence-electron chi connectivity index (χ1n) is 15.5. The highest BCUT2D eigenvalue weighted by molar-refractivity contribution is 7.85. The van der Waals surface area contributed by atoms with Crippen molar-refractivity contribution in [1.29, 1.82) is 0 Å². The standard InChI is InChI=1S/C38H42O5S/c1-38(2,3)30-19-20-34-31(21-30)35-32(26-44(34)39)36(41-23-28-15-9-5-10-16-28)37(42-24-29-17-11-6-12-18-29)33(43-35)25-40-22-27-13-7-4-8-14-27/h4-21,32-33,35-37H,22-26H2,1-3H3/t32-,33+,35+,36+,37+,44-/m0/s1. The van der Waals surface area contributed by atoms with E-state index in [1.807, 2.05) is 60.7 Å². The fraction of sp³-hybridized carbons (Fsp3) is 0.368. The molecule has 0 radical (unpaired) electrons. The summed E-state index contributed by atoms with van der Waals surface area (Å²) in [6.45, 7) is 8.28. The maximum absolute atomic E-state index is 13.8. The Labute approximate surface area is 264 Å². The van der Waals surface area contributed by atoms with Crippen LogP contribution in [0.1, 0.15) is 54.7 Å². The summed E-state index contributed by atoms with van der Waals surface area (Å²) in [6, 6.07) is 36.9. The smallest absolute Gasteiger partial charge is 0.113 e. The minimum absolute atomic E-state index is 0.0547. The van der Waals surface area contributed by atoms with E-state index in [4.69, 9.17) is 18.9 Å². The average Bonchev–Trinajstić information content (AvgIpc) is 3.04. The van der Waals surface area contributed by atoms with E-state index in [2.05, 4.69) is 69.3 Å². The molecule has 0 bridgehead atoms. The summed E-state index contributed by atoms with van der Waals surface area (Å²) in [5.74, 6) is 0.308. The summed E-state index contributed by atoms with van der Waals surface area (Å²) < 4.78 is 40.5. The Bertz CT molecular complexity index is 1520. The molecule has 0 saturated carbocycles. The zero-order valence-corrected chi connectivity index (χ0v) is 26.6. The Hall–Kier alpha value is -3.13. The zero-order valence-electron chi connectivity index (χ0n) is 25.8. The van der Waals surface area contributed by atoms with E-state index in [1.54, 1.807) is 0 Å². The van der Waals surface area contributed by atoms with Crippen molar-refractivity contribution in [3.8, 4) is 0 Å². The van der Waals surface area contributed by atoms with E-state index >= 15 is 0 Å². The van der Waals surface area contributed by atoms with Crippen molar-refractivity contribution in [3.63, 3.8) is 0 Å². The van der Waals surface area contributed by atoms with Crippen LogP contribution in [0.15, 0.2) is 114 Å². The molecule has 2 heterocycles. The van der Waals surface area contributed by atoms with E-state index < -0.39 is 16.9 Å². The van der Waals surface area contributed by atoms with Gasteiger partial charge in [-0.3, -0.25) is 4.21 Å². The summed E-state index contributed by atoms with van der Waals surface area (Å²) in [7, 11) is -1.18. The van der Waals surface area contributed by atoms with Crippen LogP contribution in [0.4, 0.5) is 0 Å². The van der Waals surface area contributed by atoms with Crippen LogP contribution in [0.2, 0.25) is 0 Å². The fourth-order valence-electron chi connectivity index (χ4n) is 6.14. The number of fused-ring (bicyclic) bond motifs is 3. The van der Waals surface area contributed by atoms with Crippen LogP contribution in [0.3, 0.4) is 0 Å². The van der Waals surface area contributed by atoms with Crippen LogP contribution in [0, 0.1) is 5.92 Å². The second-order valence-electron chi connectivity index (χ2n) is 12.8. The predicted octanol–water partition coefficient (Wildman–Crippen LogP) is 7.55. The van der Waals surface area contributed by atoms with Crippen molar-refractivity contribution in [2.45, 2.75) is 75.3 Å². The molecule has 230 valence electrons. The van der Waals surface area contributed by atoms with E-state index in [0.717, 1.165) is 27.1 Å². The molecule has 6 heteroatoms. The van der Waals surface area contributed by atoms with Gasteiger partial charge in [-0.1, -0.05) is 124 Å². The SMILES string of the molecule is CC(C)(C)c1ccc2c(c1)[C@H]1O[C@H](COCc3ccccc3)[C@@H](OCc3ccccc3)[C@H](OCc3ccccc3)[C@H]1C[S@@]2=O. The van der Waals surface area contributed by atoms with Crippen molar-refractivity contribution in [3.05, 3.63) is 137 Å². The lowest BCUT2D eigenvalue weighted by molar-refractivity contribution is -0.244. The molecule has 2 aliphatic rings. The van der Waals surface area contributed by atoms with Gasteiger partial charge in [-0.15, -0.1) is 0 Å². The molecule has 0 N–H and O–H groups in total. The van der Waals surface area contributed by atoms with Gasteiger partial charge in [0, 0.05) is 16.6 Å². The van der Waals surface area contributed by atoms with Gasteiger partial charge in [-0.05, 0) is 39.3 Å². The maximum Gasteiger partial charge on any atom is 0.113 e. The summed E-state index contributed by atoms with van der Waals surface area (Å²) in [5, 5.41) is 0. The molecule has 0 unspecified atom stereocenters. The van der Waals surface area contributed by atoms with Crippen LogP contribution in [0.25, 0.3) is 0 Å². The molecule has 4 aromatic rings. The van der Waals surface area contributed by atoms with Crippen molar-refractivity contribution < 1.29 is 23.2 Å². The second-order valence-corrected chi connectivity index (χ2v) is 14.3. The third-order valence-electron chi connectivity index (χ3n) is 8.56. The van der Waals surface area contributed by atoms with Gasteiger partial charge < -0.3 is 18.9 Å². The molecule has 5 nitrogen and oxygen atoms in total. The number of ether oxygens (including phenoxy) is 4. The topological polar surface area (TPSA) is 54.0 Å². The Balaban J connectivity index is 1.35. The van der Waals surface area contributed by atoms with Crippen LogP contribution in [-0.4, -0.2) is 34.9 Å². The monoisotopic (exact) mass is 610 g/mol. The highest BCUT2D eigenvalue weighted by Crippen LogP contribution is 2.46. The van der Waals surface area contributed by atoms with Crippen molar-refractivity contribution in [1.82, 2.24) is 0 Å². The normalized spacial score (nSPS) is 24.8. The molecule has 0 aliphatic carbocycles. The molecule has 6 atom stereocenters. The van der Waals surface area contributed by atoms with Gasteiger partial charge in [0.1, 0.15) is 12.2 Å². The molecule has 6 rings (SSSR count). The fourth-order valence-corrected chi connectivity index (χ4v) is 7.70. The highest BCUT2D eigenvalue weighted by Gasteiger charge is 2.51. The lowest BCUT2D eigenvalue weighted by Crippen LogP contribution is -2.57. The van der Waals surface area contributed by atoms with Crippen LogP contribution >= 0.6 is 0 Å². The Kier molecular flexibility index (Phi) is 9.74. The summed E-state index contributed by atoms with van der Waals surface area (Å²) >= 11 is 0. The minimum Gasteiger partial charge on any atom is -0.374 e. The van der Waals surface area contributed by atoms with Gasteiger partial charge >= 0.3 is 0 Å². The van der Waals surface area contributed by atoms with Crippen LogP contribution in [0.5, 0.6) is 0 Å². The lowest BCUT2D eigenvalue weighted by atomic mass is 9.81. The van der Waals surface area contributed by atoms with Crippen LogP contribution < -0.4 is 0 Å². The molecule has 4 aromatic carbocycles. The number of rotatable bonds is 10. The van der Waals surface area contributed by atoms with Gasteiger partial charge in [0.15, 0.2) is 0 Å². The van der Waals surface area contributed by atoms with E-state index in [0.29, 0.717) is 32.2 Å². The van der Waals surface area contributed by atoms with E-state index in [9.17, 15) is 4.21 Å². The molecular formula is C38H42O5S. The summed E-state index contributed by atoms with van der Waals surface area (Å²) in [6.07, 6.45) is -1.44. The van der Waals surface area contributed by atoms with Crippen molar-refractivity contribution >= 4 is 10.8 Å². The van der Waals surface area contributed by atoms with Gasteiger partial charge in [-0.25, -0.2) is 0 Å². The van der Waals surface area contributed by atoms with Gasteiger partial charge in [0.05, 0.1) is 49.4 Å². The first-order valence-corrected chi connectivity index (χ1v) is 16.8. The highest BCUT2D eigenvalue weighted by atomic mass is 32.2. The largest absolute Gasteiger partial charge is 0.374 e. The second kappa shape index (κ2) is 13.9. The minimum atomic E-state index is -1.18. The molecule has 0 amide bonds. The zero-order chi connectivity index (χ0) is 30.5. The Morgan fingerprint density at radius 1 is 0.727 bits per heavy atom. The lowest BCUT2D eigenvalue weighted by Gasteiger charge is -2.48. The molecule has 1 saturated heterocycles. The molecule has 0 spiro atoms. The Morgan fingerprint density at radius 2 is 1.27 bits per heavy atom. The van der Waals surface area contributed by atoms with E-state index in [-0.39, 0.29) is 29.6 Å². The molecular weight excluding hydrogens is 568 g/mol. The third-order valence-corrected chi connectivity index (χ3v) is 10.1. The Morgan fingerprint density at radius 3 is 1.84 bits per heavy atom. The number of hydrogen-bond donors (Lipinski definition) is 0. The average molecular weight is 611 g/mol. The molecule has 1 fully saturated rings. The quantitative estimate of drug-likeness (QED) is 0.186. The van der Waals surface area contributed by atoms with Gasteiger partial charge in [0.25, 0.3) is 0 Å². The predicted molar refractivity (Wildman–Crippen MR) is 174 cm³/mol. The number of hydrogen-bond acceptors (Lipinski definition) is 5. The van der Waals surface area contributed by atoms with Gasteiger partial charge in [0.2, 0.25) is 0 Å². The van der Waals surface area contributed by atoms with Crippen molar-refractivity contribution in [2.75, 3.05) is 12.4 Å². The molecule has 2 aliphatic heterocycles. The molecule has 0 aromatic heterocycles. The number of benzene rings is 4. The maximum atomic E-state index is 13.8. The third kappa shape index (κ3) is 7.22. The molecule has 44 heavy (non-hydrogen) atoms.